The summed E-state index contributed by atoms with van der Waals surface area (Å²) in [6, 6.07) is 2.28. The van der Waals surface area contributed by atoms with Crippen molar-refractivity contribution in [3.8, 4) is 0 Å². The predicted octanol–water partition coefficient (Wildman–Crippen LogP) is 1.61. The van der Waals surface area contributed by atoms with Crippen molar-refractivity contribution in [2.24, 2.45) is 11.7 Å². The topological polar surface area (TPSA) is 213 Å². The highest BCUT2D eigenvalue weighted by molar-refractivity contribution is 6.30. The van der Waals surface area contributed by atoms with Gasteiger partial charge in [-0.05, 0) is 75.6 Å². The van der Waals surface area contributed by atoms with E-state index in [4.69, 9.17) is 22.1 Å². The van der Waals surface area contributed by atoms with Crippen LogP contribution in [0.1, 0.15) is 57.1 Å². The fourth-order valence-electron chi connectivity index (χ4n) is 8.24. The van der Waals surface area contributed by atoms with Gasteiger partial charge in [-0.2, -0.15) is 0 Å². The highest BCUT2D eigenvalue weighted by Gasteiger charge is 2.47. The number of hydrogen-bond donors (Lipinski definition) is 5. The lowest BCUT2D eigenvalue weighted by atomic mass is 9.99. The summed E-state index contributed by atoms with van der Waals surface area (Å²) in [7, 11) is 0. The summed E-state index contributed by atoms with van der Waals surface area (Å²) < 4.78 is 20.3. The Balaban J connectivity index is 1.32. The van der Waals surface area contributed by atoms with E-state index in [0.717, 1.165) is 11.6 Å². The Kier molecular flexibility index (Phi) is 13.2. The number of fused-ring (bicyclic) bond motifs is 3. The molecule has 0 aromatic heterocycles. The number of aryl methyl sites for hydroxylation is 1. The van der Waals surface area contributed by atoms with Crippen LogP contribution in [0.4, 0.5) is 14.9 Å². The molecule has 2 aromatic rings. The standard InChI is InChI=1S/C40H50ClFN8O8/c1-21-7-6-8-24(13-21)15-29(47-40(57)46-28-11-10-25(41)16-27(28)42)34(51)45-30-20-58-39(56)33-14-22(2)18-49(33)36(53)23(3)44-35(52)31-9-4-5-12-48(31)38(55)32-17-26(43)19-50(32)37(30)54/h6-8,10-11,13,16,22-23,26,29-33H,4-5,9,12,14-15,17-20,43H2,1-3H3,(H,44,52)(H,45,51)(H2,46,47,57)/t22-,23+,26+,29+,30+,31+,32+,33+/m1/s1. The van der Waals surface area contributed by atoms with Crippen LogP contribution in [0.3, 0.4) is 0 Å². The van der Waals surface area contributed by atoms with Crippen LogP contribution in [-0.2, 0) is 39.9 Å². The first-order chi connectivity index (χ1) is 27.6. The van der Waals surface area contributed by atoms with Crippen molar-refractivity contribution < 1.29 is 42.7 Å². The van der Waals surface area contributed by atoms with Crippen LogP contribution < -0.4 is 27.0 Å². The number of esters is 1. The van der Waals surface area contributed by atoms with Crippen molar-refractivity contribution in [1.29, 1.82) is 0 Å². The van der Waals surface area contributed by atoms with Gasteiger partial charge in [0.05, 0.1) is 5.69 Å². The lowest BCUT2D eigenvalue weighted by Gasteiger charge is -2.39. The molecule has 16 nitrogen and oxygen atoms in total. The normalized spacial score (nSPS) is 27.5. The molecule has 312 valence electrons. The van der Waals surface area contributed by atoms with Crippen LogP contribution in [0.2, 0.25) is 5.02 Å². The van der Waals surface area contributed by atoms with Crippen LogP contribution >= 0.6 is 11.6 Å². The lowest BCUT2D eigenvalue weighted by molar-refractivity contribution is -0.158. The summed E-state index contributed by atoms with van der Waals surface area (Å²) in [5.41, 5.74) is 7.69. The van der Waals surface area contributed by atoms with Gasteiger partial charge in [0.1, 0.15) is 48.7 Å². The molecule has 0 unspecified atom stereocenters. The largest absolute Gasteiger partial charge is 0.461 e. The minimum Gasteiger partial charge on any atom is -0.461 e. The van der Waals surface area contributed by atoms with Gasteiger partial charge in [-0.1, -0.05) is 48.4 Å². The third kappa shape index (κ3) is 9.69. The number of carbonyl (C=O) groups excluding carboxylic acids is 7. The molecule has 7 amide bonds. The van der Waals surface area contributed by atoms with Gasteiger partial charge in [-0.3, -0.25) is 24.0 Å². The second-order valence-corrected chi connectivity index (χ2v) is 16.2. The van der Waals surface area contributed by atoms with E-state index in [9.17, 15) is 38.0 Å². The zero-order valence-corrected chi connectivity index (χ0v) is 33.4. The molecule has 6 N–H and O–H groups in total. The minimum atomic E-state index is -1.58. The van der Waals surface area contributed by atoms with Crippen molar-refractivity contribution in [3.63, 3.8) is 0 Å². The minimum absolute atomic E-state index is 0.0614. The van der Waals surface area contributed by atoms with Gasteiger partial charge in [0.25, 0.3) is 0 Å². The fourth-order valence-corrected chi connectivity index (χ4v) is 8.40. The molecule has 4 aliphatic heterocycles. The average Bonchev–Trinajstić information content (AvgIpc) is 3.78. The van der Waals surface area contributed by atoms with Gasteiger partial charge < -0.3 is 46.4 Å². The first-order valence-electron chi connectivity index (χ1n) is 19.6. The van der Waals surface area contributed by atoms with Crippen molar-refractivity contribution in [3.05, 3.63) is 64.4 Å². The van der Waals surface area contributed by atoms with Gasteiger partial charge >= 0.3 is 12.0 Å². The van der Waals surface area contributed by atoms with Crippen LogP contribution in [-0.4, -0.2) is 125 Å². The molecule has 2 aromatic carbocycles. The molecule has 18 heteroatoms. The second-order valence-electron chi connectivity index (χ2n) is 15.8. The SMILES string of the molecule is Cc1cccc(C[C@H](NC(=O)Nc2ccc(Cl)cc2F)C(=O)N[C@H]2COC(=O)[C@@H]3C[C@@H](C)CN3C(=O)[C@H](C)NC(=O)[C@@H]3CCCCN3C(=O)[C@@H]3C[C@H](N)CN3C2=O)c1. The van der Waals surface area contributed by atoms with Gasteiger partial charge in [-0.25, -0.2) is 14.0 Å². The van der Waals surface area contributed by atoms with E-state index in [1.807, 2.05) is 26.0 Å². The molecule has 0 radical (unpaired) electrons. The molecule has 4 saturated heterocycles. The van der Waals surface area contributed by atoms with Crippen molar-refractivity contribution in [2.75, 3.05) is 31.6 Å². The molecule has 4 heterocycles. The van der Waals surface area contributed by atoms with E-state index in [-0.39, 0.29) is 55.5 Å². The summed E-state index contributed by atoms with van der Waals surface area (Å²) in [4.78, 5) is 102. The van der Waals surface area contributed by atoms with E-state index in [2.05, 4.69) is 21.3 Å². The highest BCUT2D eigenvalue weighted by Crippen LogP contribution is 2.28. The number of piperidine rings is 1. The van der Waals surface area contributed by atoms with Gasteiger partial charge in [0.2, 0.25) is 29.5 Å². The number of nitrogens with two attached hydrogens (primary N) is 1. The molecule has 0 spiro atoms. The Labute approximate surface area is 340 Å². The third-order valence-corrected chi connectivity index (χ3v) is 11.4. The van der Waals surface area contributed by atoms with Gasteiger partial charge in [-0.15, -0.1) is 0 Å². The lowest BCUT2D eigenvalue weighted by Crippen LogP contribution is -2.62. The van der Waals surface area contributed by atoms with E-state index in [0.29, 0.717) is 24.8 Å². The summed E-state index contributed by atoms with van der Waals surface area (Å²) >= 11 is 5.87. The van der Waals surface area contributed by atoms with Crippen LogP contribution in [0.15, 0.2) is 42.5 Å². The number of halogens is 2. The molecule has 8 atom stereocenters. The molecule has 4 aliphatic rings. The number of urea groups is 1. The van der Waals surface area contributed by atoms with Crippen LogP contribution in [0.25, 0.3) is 0 Å². The quantitative estimate of drug-likeness (QED) is 0.268. The van der Waals surface area contributed by atoms with Crippen molar-refractivity contribution in [2.45, 2.75) is 102 Å². The molecule has 0 aliphatic carbocycles. The number of nitrogens with zero attached hydrogens (tertiary/aromatic N) is 3. The maximum atomic E-state index is 14.6. The smallest absolute Gasteiger partial charge is 0.328 e. The number of hydrogen-bond acceptors (Lipinski definition) is 9. The monoisotopic (exact) mass is 824 g/mol. The number of benzene rings is 2. The number of ether oxygens (including phenoxy) is 1. The van der Waals surface area contributed by atoms with E-state index in [1.165, 1.54) is 33.8 Å². The summed E-state index contributed by atoms with van der Waals surface area (Å²) in [6.07, 6.45) is 1.88. The predicted molar refractivity (Wildman–Crippen MR) is 209 cm³/mol. The Hall–Kier alpha value is -5.29. The number of carbonyl (C=O) groups is 7. The Morgan fingerprint density at radius 2 is 1.71 bits per heavy atom. The van der Waals surface area contributed by atoms with E-state index >= 15 is 0 Å². The molecular formula is C40H50ClFN8O8. The van der Waals surface area contributed by atoms with Gasteiger partial charge in [0, 0.05) is 37.1 Å². The Bertz CT molecular complexity index is 1950. The van der Waals surface area contributed by atoms with E-state index in [1.54, 1.807) is 12.1 Å². The van der Waals surface area contributed by atoms with Crippen LogP contribution in [0.5, 0.6) is 0 Å². The highest BCUT2D eigenvalue weighted by atomic mass is 35.5. The zero-order chi connectivity index (χ0) is 41.8. The first kappa shape index (κ1) is 42.3. The summed E-state index contributed by atoms with van der Waals surface area (Å²) in [5.74, 6) is -4.88. The first-order valence-corrected chi connectivity index (χ1v) is 20.0. The fraction of sp³-hybridized carbons (Fsp3) is 0.525. The van der Waals surface area contributed by atoms with Crippen molar-refractivity contribution >= 4 is 58.8 Å². The zero-order valence-electron chi connectivity index (χ0n) is 32.7. The van der Waals surface area contributed by atoms with E-state index < -0.39 is 96.3 Å². The van der Waals surface area contributed by atoms with Crippen LogP contribution in [0, 0.1) is 18.7 Å². The number of rotatable bonds is 6. The molecule has 58 heavy (non-hydrogen) atoms. The maximum absolute atomic E-state index is 14.6. The second kappa shape index (κ2) is 18.1. The third-order valence-electron chi connectivity index (χ3n) is 11.1. The Morgan fingerprint density at radius 1 is 0.948 bits per heavy atom. The number of cyclic esters (lactones) is 1. The summed E-state index contributed by atoms with van der Waals surface area (Å²) in [6.45, 7) is 4.95. The van der Waals surface area contributed by atoms with Crippen molar-refractivity contribution in [1.82, 2.24) is 30.7 Å². The molecule has 0 bridgehead atoms. The summed E-state index contributed by atoms with van der Waals surface area (Å²) in [5, 5.41) is 10.5. The molecule has 6 rings (SSSR count). The molecular weight excluding hydrogens is 775 g/mol. The maximum Gasteiger partial charge on any atom is 0.328 e. The number of amides is 7. The van der Waals surface area contributed by atoms with Gasteiger partial charge in [0.15, 0.2) is 0 Å². The average molecular weight is 825 g/mol. The molecule has 0 saturated carbocycles. The number of anilines is 1. The Morgan fingerprint density at radius 3 is 2.45 bits per heavy atom. The molecule has 4 fully saturated rings. The number of nitrogens with one attached hydrogen (secondary N) is 4.